The van der Waals surface area contributed by atoms with Crippen LogP contribution in [0.25, 0.3) is 0 Å². The predicted molar refractivity (Wildman–Crippen MR) is 146 cm³/mol. The van der Waals surface area contributed by atoms with Crippen LogP contribution in [-0.4, -0.2) is 65.0 Å². The number of carbonyl (C=O) groups excluding carboxylic acids is 2. The zero-order valence-electron chi connectivity index (χ0n) is 24.0. The van der Waals surface area contributed by atoms with E-state index in [9.17, 15) is 9.59 Å². The third kappa shape index (κ3) is 4.52. The van der Waals surface area contributed by atoms with E-state index in [-0.39, 0.29) is 24.7 Å². The predicted octanol–water partition coefficient (Wildman–Crippen LogP) is 4.45. The van der Waals surface area contributed by atoms with Crippen LogP contribution in [0.2, 0.25) is 18.1 Å². The van der Waals surface area contributed by atoms with Crippen molar-refractivity contribution in [3.05, 3.63) is 48.0 Å². The highest BCUT2D eigenvalue weighted by atomic mass is 28.4. The fraction of sp³-hybridized carbons (Fsp3) is 0.633. The van der Waals surface area contributed by atoms with E-state index >= 15 is 0 Å². The molecule has 2 heterocycles. The van der Waals surface area contributed by atoms with Crippen molar-refractivity contribution in [3.8, 4) is 6.07 Å². The van der Waals surface area contributed by atoms with Gasteiger partial charge in [0.15, 0.2) is 14.6 Å². The van der Waals surface area contributed by atoms with Gasteiger partial charge in [-0.05, 0) is 18.1 Å². The lowest BCUT2D eigenvalue weighted by molar-refractivity contribution is -0.329. The third-order valence-corrected chi connectivity index (χ3v) is 14.1. The van der Waals surface area contributed by atoms with Crippen molar-refractivity contribution in [2.45, 2.75) is 82.5 Å². The van der Waals surface area contributed by atoms with E-state index in [1.807, 2.05) is 48.6 Å². The first-order valence-electron chi connectivity index (χ1n) is 13.9. The molecule has 0 spiro atoms. The number of rotatable bonds is 7. The highest BCUT2D eigenvalue weighted by Crippen LogP contribution is 2.65. The first-order valence-corrected chi connectivity index (χ1v) is 16.8. The highest BCUT2D eigenvalue weighted by molar-refractivity contribution is 6.74. The summed E-state index contributed by atoms with van der Waals surface area (Å²) in [7, 11) is -0.858. The Balaban J connectivity index is 1.62. The first-order chi connectivity index (χ1) is 18.9. The minimum Gasteiger partial charge on any atom is -0.468 e. The lowest BCUT2D eigenvalue weighted by atomic mass is 9.49. The molecule has 40 heavy (non-hydrogen) atoms. The Kier molecular flexibility index (Phi) is 7.51. The van der Waals surface area contributed by atoms with Crippen molar-refractivity contribution in [3.63, 3.8) is 0 Å². The molecular formula is C30H39NO8Si. The second-order valence-corrected chi connectivity index (χ2v) is 17.6. The fourth-order valence-electron chi connectivity index (χ4n) is 6.63. The summed E-state index contributed by atoms with van der Waals surface area (Å²) in [5.41, 5.74) is -1.28. The average Bonchev–Trinajstić information content (AvgIpc) is 3.35. The van der Waals surface area contributed by atoms with Gasteiger partial charge < -0.3 is 28.1 Å². The van der Waals surface area contributed by atoms with Crippen molar-refractivity contribution in [1.29, 1.82) is 5.26 Å². The quantitative estimate of drug-likeness (QED) is 0.267. The summed E-state index contributed by atoms with van der Waals surface area (Å²) in [6.45, 7) is 10.9. The van der Waals surface area contributed by atoms with Crippen LogP contribution < -0.4 is 0 Å². The Bertz CT molecular complexity index is 1210. The number of hydrogen-bond acceptors (Lipinski definition) is 9. The summed E-state index contributed by atoms with van der Waals surface area (Å²) < 4.78 is 37.7. The third-order valence-electron chi connectivity index (χ3n) is 9.66. The topological polar surface area (TPSA) is 113 Å². The van der Waals surface area contributed by atoms with E-state index in [4.69, 9.17) is 33.4 Å². The van der Waals surface area contributed by atoms with Gasteiger partial charge in [0.25, 0.3) is 0 Å². The maximum atomic E-state index is 13.8. The molecule has 4 aliphatic rings. The molecule has 2 aliphatic carbocycles. The lowest BCUT2D eigenvalue weighted by Crippen LogP contribution is -2.70. The molecule has 1 aromatic rings. The fourth-order valence-corrected chi connectivity index (χ4v) is 7.88. The monoisotopic (exact) mass is 569 g/mol. The van der Waals surface area contributed by atoms with E-state index in [1.165, 1.54) is 7.11 Å². The van der Waals surface area contributed by atoms with Crippen LogP contribution in [0.4, 0.5) is 0 Å². The summed E-state index contributed by atoms with van der Waals surface area (Å²) in [6.07, 6.45) is 1.35. The molecule has 1 aromatic carbocycles. The zero-order valence-corrected chi connectivity index (χ0v) is 25.0. The highest BCUT2D eigenvalue weighted by Gasteiger charge is 2.75. The molecule has 0 N–H and O–H groups in total. The molecule has 0 unspecified atom stereocenters. The van der Waals surface area contributed by atoms with Crippen LogP contribution in [0.3, 0.4) is 0 Å². The summed E-state index contributed by atoms with van der Waals surface area (Å²) in [5.74, 6) is -1.56. The van der Waals surface area contributed by atoms with Crippen LogP contribution in [0.5, 0.6) is 0 Å². The Morgan fingerprint density at radius 2 is 1.85 bits per heavy atom. The van der Waals surface area contributed by atoms with E-state index in [0.29, 0.717) is 6.42 Å². The van der Waals surface area contributed by atoms with Crippen LogP contribution >= 0.6 is 0 Å². The van der Waals surface area contributed by atoms with Crippen molar-refractivity contribution in [2.24, 2.45) is 16.7 Å². The second kappa shape index (κ2) is 10.4. The van der Waals surface area contributed by atoms with Gasteiger partial charge >= 0.3 is 11.9 Å². The number of esters is 2. The minimum atomic E-state index is -2.23. The molecule has 0 amide bonds. The van der Waals surface area contributed by atoms with Crippen LogP contribution in [-0.2, 0) is 37.7 Å². The van der Waals surface area contributed by atoms with Gasteiger partial charge in [0.05, 0.1) is 49.6 Å². The van der Waals surface area contributed by atoms with Gasteiger partial charge in [0, 0.05) is 17.9 Å². The van der Waals surface area contributed by atoms with Crippen molar-refractivity contribution in [1.82, 2.24) is 0 Å². The molecule has 0 aromatic heterocycles. The molecule has 1 saturated carbocycles. The Morgan fingerprint density at radius 1 is 1.15 bits per heavy atom. The van der Waals surface area contributed by atoms with Crippen molar-refractivity contribution >= 4 is 20.3 Å². The standard InChI is InChI=1S/C30H39NO8Si/c1-28(2,3)40(5,6)39-20-12-14-29(17-35-23(32)13-15-31)21-16-22(38-26(37-21)19-10-8-7-9-11-19)30(27(33)34-4)18-36-24(20)25(29)30/h7-12,14,20-22,24-26H,13,16-18H2,1-6H3/t20-,21+,22-,24+,25-,26-,29-,30+/m1/s1. The van der Waals surface area contributed by atoms with Gasteiger partial charge in [-0.1, -0.05) is 63.3 Å². The number of fused-ring (bicyclic) bond motifs is 4. The molecule has 2 saturated heterocycles. The molecule has 3 fully saturated rings. The Morgan fingerprint density at radius 3 is 2.50 bits per heavy atom. The summed E-state index contributed by atoms with van der Waals surface area (Å²) in [6, 6.07) is 11.4. The van der Waals surface area contributed by atoms with Gasteiger partial charge in [-0.25, -0.2) is 0 Å². The SMILES string of the molecule is COC(=O)[C@]12CO[C@@H]3[C@@H]1[C@@](COC(=O)CC#N)(C=C[C@H]3O[Si](C)(C)C(C)(C)C)[C@@H]1C[C@H]2O[C@H](c2ccccc2)O1. The molecule has 2 bridgehead atoms. The summed E-state index contributed by atoms with van der Waals surface area (Å²) in [4.78, 5) is 26.3. The molecular weight excluding hydrogens is 530 g/mol. The number of benzene rings is 1. The minimum absolute atomic E-state index is 0.0432. The Hall–Kier alpha value is -2.55. The van der Waals surface area contributed by atoms with Crippen LogP contribution in [0, 0.1) is 28.1 Å². The summed E-state index contributed by atoms with van der Waals surface area (Å²) in [5, 5.41) is 9.01. The van der Waals surface area contributed by atoms with Gasteiger partial charge in [-0.2, -0.15) is 5.26 Å². The molecule has 0 radical (unpaired) electrons. The molecule has 5 rings (SSSR count). The Labute approximate surface area is 236 Å². The first kappa shape index (κ1) is 29.0. The molecule has 2 aliphatic heterocycles. The second-order valence-electron chi connectivity index (χ2n) is 12.8. The van der Waals surface area contributed by atoms with Crippen molar-refractivity contribution < 1.29 is 37.7 Å². The maximum Gasteiger partial charge on any atom is 0.320 e. The number of nitriles is 1. The largest absolute Gasteiger partial charge is 0.468 e. The molecule has 10 heteroatoms. The number of ether oxygens (including phenoxy) is 5. The van der Waals surface area contributed by atoms with E-state index in [1.54, 1.807) is 0 Å². The van der Waals surface area contributed by atoms with Gasteiger partial charge in [-0.3, -0.25) is 9.59 Å². The molecule has 216 valence electrons. The van der Waals surface area contributed by atoms with Crippen molar-refractivity contribution in [2.75, 3.05) is 20.3 Å². The van der Waals surface area contributed by atoms with Gasteiger partial charge in [0.1, 0.15) is 18.4 Å². The van der Waals surface area contributed by atoms with Crippen LogP contribution in [0.15, 0.2) is 42.5 Å². The number of hydrogen-bond donors (Lipinski definition) is 0. The molecule has 9 nitrogen and oxygen atoms in total. The molecule has 8 atom stereocenters. The average molecular weight is 570 g/mol. The smallest absolute Gasteiger partial charge is 0.320 e. The van der Waals surface area contributed by atoms with E-state index in [0.717, 1.165) is 5.56 Å². The van der Waals surface area contributed by atoms with Gasteiger partial charge in [-0.15, -0.1) is 0 Å². The van der Waals surface area contributed by atoms with Gasteiger partial charge in [0.2, 0.25) is 0 Å². The maximum absolute atomic E-state index is 13.8. The van der Waals surface area contributed by atoms with Crippen LogP contribution in [0.1, 0.15) is 45.5 Å². The normalized spacial score (nSPS) is 36.3. The van der Waals surface area contributed by atoms with E-state index < -0.39 is 67.7 Å². The number of nitrogens with zero attached hydrogens (tertiary/aromatic N) is 1. The van der Waals surface area contributed by atoms with E-state index in [2.05, 4.69) is 33.9 Å². The number of methoxy groups -OCH3 is 1. The lowest BCUT2D eigenvalue weighted by Gasteiger charge is -2.60. The zero-order chi connectivity index (χ0) is 28.9. The summed E-state index contributed by atoms with van der Waals surface area (Å²) >= 11 is 0. The number of carbonyl (C=O) groups is 2.